The van der Waals surface area contributed by atoms with Crippen LogP contribution in [0.25, 0.3) is 0 Å². The highest BCUT2D eigenvalue weighted by atomic mass is 19.4. The highest BCUT2D eigenvalue weighted by Crippen LogP contribution is 2.26. The van der Waals surface area contributed by atoms with Crippen LogP contribution in [-0.4, -0.2) is 96.7 Å². The quantitative estimate of drug-likeness (QED) is 0.391. The monoisotopic (exact) mass is 577 g/mol. The number of piperazine rings is 1. The topological polar surface area (TPSA) is 128 Å². The number of anilines is 2. The molecule has 1 unspecified atom stereocenters. The maximum absolute atomic E-state index is 12.5. The molecule has 2 aliphatic heterocycles. The molecule has 1 atom stereocenters. The highest BCUT2D eigenvalue weighted by Gasteiger charge is 2.39. The Bertz CT molecular complexity index is 1200. The maximum Gasteiger partial charge on any atom is 0.573 e. The van der Waals surface area contributed by atoms with Crippen LogP contribution in [0.1, 0.15) is 25.5 Å². The molecule has 1 aromatic heterocycles. The number of alkyl halides is 3. The largest absolute Gasteiger partial charge is 0.573 e. The van der Waals surface area contributed by atoms with E-state index in [0.717, 1.165) is 30.6 Å². The van der Waals surface area contributed by atoms with Crippen LogP contribution >= 0.6 is 0 Å². The van der Waals surface area contributed by atoms with E-state index in [9.17, 15) is 22.8 Å². The van der Waals surface area contributed by atoms with Gasteiger partial charge in [-0.3, -0.25) is 19.5 Å². The lowest BCUT2D eigenvalue weighted by Crippen LogP contribution is -2.48. The number of aryl methyl sites for hydroxylation is 1. The zero-order valence-electron chi connectivity index (χ0n) is 23.0. The molecule has 41 heavy (non-hydrogen) atoms. The van der Waals surface area contributed by atoms with Crippen molar-refractivity contribution in [2.45, 2.75) is 38.1 Å². The number of aromatic nitrogens is 2. The molecule has 0 bridgehead atoms. The van der Waals surface area contributed by atoms with Crippen LogP contribution in [0.2, 0.25) is 0 Å². The van der Waals surface area contributed by atoms with Gasteiger partial charge in [-0.15, -0.1) is 18.3 Å². The summed E-state index contributed by atoms with van der Waals surface area (Å²) in [4.78, 5) is 28.5. The molecule has 2 amide bonds. The van der Waals surface area contributed by atoms with Crippen molar-refractivity contribution >= 4 is 23.3 Å². The van der Waals surface area contributed by atoms with Gasteiger partial charge >= 0.3 is 6.36 Å². The van der Waals surface area contributed by atoms with Crippen molar-refractivity contribution in [1.82, 2.24) is 25.4 Å². The van der Waals surface area contributed by atoms with Gasteiger partial charge in [0.2, 0.25) is 5.91 Å². The molecule has 2 aromatic rings. The lowest BCUT2D eigenvalue weighted by atomic mass is 10.0. The van der Waals surface area contributed by atoms with E-state index in [4.69, 9.17) is 0 Å². The number of amides is 2. The smallest absolute Gasteiger partial charge is 0.406 e. The summed E-state index contributed by atoms with van der Waals surface area (Å²) in [5, 5.41) is 23.7. The van der Waals surface area contributed by atoms with Crippen molar-refractivity contribution in [3.63, 3.8) is 0 Å². The van der Waals surface area contributed by atoms with Gasteiger partial charge in [0.25, 0.3) is 5.91 Å². The standard InChI is InChI=1S/C26H34F3N9O3/c1-25(24(40)30-2)18-38(35-34-25)12-4-3-5-19-6-11-22(33-32-19)31-23(39)17-36-13-15-37(16-14-36)20-7-9-21(10-8-20)41-26(27,28)29/h6-11H,3-5,12-18H2,1-2H3,(H,30,40)(H,31,33,39). The van der Waals surface area contributed by atoms with E-state index in [1.807, 2.05) is 15.9 Å². The Morgan fingerprint density at radius 3 is 2.39 bits per heavy atom. The summed E-state index contributed by atoms with van der Waals surface area (Å²) < 4.78 is 41.0. The molecule has 222 valence electrons. The minimum atomic E-state index is -4.72. The third kappa shape index (κ3) is 8.74. The van der Waals surface area contributed by atoms with Gasteiger partial charge in [0.15, 0.2) is 11.4 Å². The van der Waals surface area contributed by atoms with Crippen LogP contribution in [0.5, 0.6) is 5.75 Å². The SMILES string of the molecule is CNC(=O)C1(C)CN(CCCCc2ccc(NC(=O)CN3CCN(c4ccc(OC(F)(F)F)cc4)CC3)nn2)N=N1. The van der Waals surface area contributed by atoms with E-state index >= 15 is 0 Å². The van der Waals surface area contributed by atoms with Gasteiger partial charge in [-0.1, -0.05) is 5.22 Å². The van der Waals surface area contributed by atoms with Crippen LogP contribution in [0.15, 0.2) is 46.7 Å². The molecule has 4 rings (SSSR count). The van der Waals surface area contributed by atoms with Crippen LogP contribution in [0, 0.1) is 0 Å². The number of benzene rings is 1. The van der Waals surface area contributed by atoms with Gasteiger partial charge in [-0.2, -0.15) is 10.2 Å². The summed E-state index contributed by atoms with van der Waals surface area (Å²) in [5.41, 5.74) is 0.767. The van der Waals surface area contributed by atoms with E-state index in [-0.39, 0.29) is 24.1 Å². The van der Waals surface area contributed by atoms with Gasteiger partial charge in [-0.05, 0) is 62.6 Å². The Morgan fingerprint density at radius 2 is 1.76 bits per heavy atom. The molecule has 2 aliphatic rings. The second kappa shape index (κ2) is 13.1. The predicted molar refractivity (Wildman–Crippen MR) is 144 cm³/mol. The summed E-state index contributed by atoms with van der Waals surface area (Å²) in [6.07, 6.45) is -2.28. The molecular formula is C26H34F3N9O3. The molecule has 1 saturated heterocycles. The van der Waals surface area contributed by atoms with E-state index in [1.165, 1.54) is 12.1 Å². The summed E-state index contributed by atoms with van der Waals surface area (Å²) in [7, 11) is 1.59. The van der Waals surface area contributed by atoms with Gasteiger partial charge < -0.3 is 20.3 Å². The molecule has 2 N–H and O–H groups in total. The number of carbonyl (C=O) groups is 2. The molecule has 0 radical (unpaired) electrons. The van der Waals surface area contributed by atoms with Crippen LogP contribution < -0.4 is 20.3 Å². The van der Waals surface area contributed by atoms with Crippen molar-refractivity contribution < 1.29 is 27.5 Å². The van der Waals surface area contributed by atoms with Crippen molar-refractivity contribution in [3.8, 4) is 5.75 Å². The first kappa shape index (κ1) is 30.0. The fraction of sp³-hybridized carbons (Fsp3) is 0.538. The summed E-state index contributed by atoms with van der Waals surface area (Å²) >= 11 is 0. The molecule has 0 saturated carbocycles. The third-order valence-electron chi connectivity index (χ3n) is 6.86. The van der Waals surface area contributed by atoms with Gasteiger partial charge in [0, 0.05) is 45.5 Å². The van der Waals surface area contributed by atoms with Crippen molar-refractivity contribution in [1.29, 1.82) is 0 Å². The van der Waals surface area contributed by atoms with E-state index in [1.54, 1.807) is 37.2 Å². The van der Waals surface area contributed by atoms with E-state index in [0.29, 0.717) is 45.1 Å². The zero-order chi connectivity index (χ0) is 29.5. The Labute approximate surface area is 235 Å². The zero-order valence-corrected chi connectivity index (χ0v) is 23.0. The normalized spacial score (nSPS) is 19.3. The lowest BCUT2D eigenvalue weighted by molar-refractivity contribution is -0.274. The Balaban J connectivity index is 1.12. The Hall–Kier alpha value is -4.01. The number of halogens is 3. The molecule has 1 aromatic carbocycles. The molecule has 0 spiro atoms. The van der Waals surface area contributed by atoms with Crippen molar-refractivity contribution in [3.05, 3.63) is 42.1 Å². The first-order valence-corrected chi connectivity index (χ1v) is 13.4. The Kier molecular flexibility index (Phi) is 9.57. The first-order chi connectivity index (χ1) is 19.5. The minimum Gasteiger partial charge on any atom is -0.406 e. The third-order valence-corrected chi connectivity index (χ3v) is 6.86. The number of unbranched alkanes of at least 4 members (excludes halogenated alkanes) is 1. The van der Waals surface area contributed by atoms with Crippen molar-refractivity contribution in [2.24, 2.45) is 10.3 Å². The number of likely N-dealkylation sites (N-methyl/N-ethyl adjacent to an activating group) is 1. The number of ether oxygens (including phenoxy) is 1. The molecule has 3 heterocycles. The van der Waals surface area contributed by atoms with Gasteiger partial charge in [0.05, 0.1) is 18.8 Å². The minimum absolute atomic E-state index is 0.153. The number of hydrogen-bond acceptors (Lipinski definition) is 10. The van der Waals surface area contributed by atoms with Crippen LogP contribution in [-0.2, 0) is 16.0 Å². The molecule has 15 heteroatoms. The fourth-order valence-corrected chi connectivity index (χ4v) is 4.66. The highest BCUT2D eigenvalue weighted by molar-refractivity contribution is 5.91. The fourth-order valence-electron chi connectivity index (χ4n) is 4.66. The van der Waals surface area contributed by atoms with Crippen molar-refractivity contribution in [2.75, 3.05) is 63.1 Å². The second-order valence-corrected chi connectivity index (χ2v) is 10.2. The van der Waals surface area contributed by atoms with E-state index < -0.39 is 11.9 Å². The average Bonchev–Trinajstić information content (AvgIpc) is 3.33. The van der Waals surface area contributed by atoms with Crippen LogP contribution in [0.4, 0.5) is 24.7 Å². The summed E-state index contributed by atoms with van der Waals surface area (Å²) in [5.74, 6) is -0.229. The van der Waals surface area contributed by atoms with Crippen LogP contribution in [0.3, 0.4) is 0 Å². The molecule has 0 aliphatic carbocycles. The predicted octanol–water partition coefficient (Wildman–Crippen LogP) is 2.65. The second-order valence-electron chi connectivity index (χ2n) is 10.2. The molecule has 1 fully saturated rings. The number of rotatable bonds is 11. The number of nitrogens with zero attached hydrogens (tertiary/aromatic N) is 7. The van der Waals surface area contributed by atoms with Gasteiger partial charge in [-0.25, -0.2) is 0 Å². The number of nitrogens with one attached hydrogen (secondary N) is 2. The lowest BCUT2D eigenvalue weighted by Gasteiger charge is -2.35. The number of carbonyl (C=O) groups excluding carboxylic acids is 2. The Morgan fingerprint density at radius 1 is 1.02 bits per heavy atom. The first-order valence-electron chi connectivity index (χ1n) is 13.4. The number of hydrogen-bond donors (Lipinski definition) is 2. The molecular weight excluding hydrogens is 543 g/mol. The summed E-state index contributed by atoms with van der Waals surface area (Å²) in [6, 6.07) is 9.34. The van der Waals surface area contributed by atoms with E-state index in [2.05, 4.69) is 35.9 Å². The summed E-state index contributed by atoms with van der Waals surface area (Å²) in [6.45, 7) is 5.62. The molecule has 12 nitrogen and oxygen atoms in total. The average molecular weight is 578 g/mol. The van der Waals surface area contributed by atoms with Gasteiger partial charge in [0.1, 0.15) is 5.75 Å². The maximum atomic E-state index is 12.5.